The Kier molecular flexibility index (Phi) is 39.9. The van der Waals surface area contributed by atoms with Gasteiger partial charge in [-0.15, -0.1) is 0 Å². The molecule has 8 nitrogen and oxygen atoms in total. The second-order valence-corrected chi connectivity index (χ2v) is 18.9. The number of carbonyl (C=O) groups is 1. The number of unbranched alkanes of at least 4 members (excludes halogenated alkanes) is 31. The Bertz CT molecular complexity index is 853. The topological polar surface area (TPSA) is 94.1 Å². The van der Waals surface area contributed by atoms with Gasteiger partial charge in [-0.25, -0.2) is 0 Å². The zero-order chi connectivity index (χ0) is 40.6. The molecule has 0 saturated carbocycles. The van der Waals surface area contributed by atoms with Crippen molar-refractivity contribution in [3.05, 3.63) is 0 Å². The third kappa shape index (κ3) is 44.4. The largest absolute Gasteiger partial charge is 0.756 e. The third-order valence-electron chi connectivity index (χ3n) is 10.7. The van der Waals surface area contributed by atoms with E-state index >= 15 is 0 Å². The highest BCUT2D eigenvalue weighted by molar-refractivity contribution is 7.45. The van der Waals surface area contributed by atoms with Crippen LogP contribution in [0.5, 0.6) is 0 Å². The van der Waals surface area contributed by atoms with Gasteiger partial charge in [-0.05, 0) is 12.8 Å². The number of quaternary nitrogens is 1. The molecule has 330 valence electrons. The van der Waals surface area contributed by atoms with Crippen molar-refractivity contribution in [2.75, 3.05) is 54.1 Å². The number of likely N-dealkylation sites (N-methyl/N-ethyl adjacent to an activating group) is 1. The standard InChI is InChI=1S/C46H94NO7P/c1-6-8-10-12-14-16-18-20-22-24-25-27-29-31-33-35-37-39-46(48)54-45(44-53-55(49,50)52-42-40-47(3,4)5)43-51-41-38-36-34-32-30-28-26-23-21-19-17-15-13-11-9-7-2/h45H,6-44H2,1-5H3. The van der Waals surface area contributed by atoms with Crippen molar-refractivity contribution in [2.45, 2.75) is 238 Å². The minimum Gasteiger partial charge on any atom is -0.756 e. The average molecular weight is 804 g/mol. The van der Waals surface area contributed by atoms with Crippen LogP contribution in [0.15, 0.2) is 0 Å². The zero-order valence-corrected chi connectivity index (χ0v) is 38.3. The van der Waals surface area contributed by atoms with Gasteiger partial charge < -0.3 is 27.9 Å². The summed E-state index contributed by atoms with van der Waals surface area (Å²) in [7, 11) is 1.38. The van der Waals surface area contributed by atoms with E-state index in [1.165, 1.54) is 180 Å². The highest BCUT2D eigenvalue weighted by Gasteiger charge is 2.20. The van der Waals surface area contributed by atoms with Gasteiger partial charge in [0.1, 0.15) is 19.3 Å². The van der Waals surface area contributed by atoms with Gasteiger partial charge in [0.25, 0.3) is 7.82 Å². The predicted octanol–water partition coefficient (Wildman–Crippen LogP) is 13.4. The van der Waals surface area contributed by atoms with E-state index in [1.54, 1.807) is 0 Å². The lowest BCUT2D eigenvalue weighted by Gasteiger charge is -2.28. The summed E-state index contributed by atoms with van der Waals surface area (Å²) in [5.41, 5.74) is 0. The van der Waals surface area contributed by atoms with E-state index in [9.17, 15) is 14.3 Å². The van der Waals surface area contributed by atoms with Crippen molar-refractivity contribution in [1.29, 1.82) is 0 Å². The molecule has 0 rings (SSSR count). The molecule has 0 aliphatic heterocycles. The normalized spacial score (nSPS) is 13.6. The summed E-state index contributed by atoms with van der Waals surface area (Å²) in [5, 5.41) is 0. The first-order chi connectivity index (χ1) is 26.6. The van der Waals surface area contributed by atoms with Crippen LogP contribution in [0.3, 0.4) is 0 Å². The van der Waals surface area contributed by atoms with Crippen LogP contribution < -0.4 is 4.89 Å². The molecule has 2 unspecified atom stereocenters. The van der Waals surface area contributed by atoms with Crippen LogP contribution >= 0.6 is 7.82 Å². The molecule has 2 atom stereocenters. The first kappa shape index (κ1) is 54.5. The van der Waals surface area contributed by atoms with E-state index in [0.29, 0.717) is 24.1 Å². The SMILES string of the molecule is CCCCCCCCCCCCCCCCCCCC(=O)OC(COCCCCCCCCCCCCCCCCCC)COP(=O)([O-])OCC[N+](C)(C)C. The lowest BCUT2D eigenvalue weighted by molar-refractivity contribution is -0.870. The second kappa shape index (κ2) is 40.3. The summed E-state index contributed by atoms with van der Waals surface area (Å²) in [5.74, 6) is -0.327. The lowest BCUT2D eigenvalue weighted by atomic mass is 10.0. The van der Waals surface area contributed by atoms with E-state index in [1.807, 2.05) is 21.1 Å². The Balaban J connectivity index is 4.14. The van der Waals surface area contributed by atoms with Crippen molar-refractivity contribution in [3.8, 4) is 0 Å². The van der Waals surface area contributed by atoms with E-state index in [4.69, 9.17) is 18.5 Å². The Labute approximate surface area is 342 Å². The molecular formula is C46H94NO7P. The van der Waals surface area contributed by atoms with Gasteiger partial charge in [-0.1, -0.05) is 213 Å². The molecule has 0 spiro atoms. The molecule has 0 aromatic heterocycles. The third-order valence-corrected chi connectivity index (χ3v) is 11.6. The maximum absolute atomic E-state index is 12.7. The maximum atomic E-state index is 12.7. The molecular weight excluding hydrogens is 709 g/mol. The molecule has 0 saturated heterocycles. The lowest BCUT2D eigenvalue weighted by Crippen LogP contribution is -2.37. The van der Waals surface area contributed by atoms with Gasteiger partial charge in [-0.2, -0.15) is 0 Å². The Morgan fingerprint density at radius 2 is 0.836 bits per heavy atom. The summed E-state index contributed by atoms with van der Waals surface area (Å²) < 4.78 is 34.7. The molecule has 0 aliphatic rings. The van der Waals surface area contributed by atoms with Gasteiger partial charge >= 0.3 is 5.97 Å². The average Bonchev–Trinajstić information content (AvgIpc) is 3.13. The molecule has 0 fully saturated rings. The monoisotopic (exact) mass is 804 g/mol. The molecule has 0 aromatic rings. The fourth-order valence-corrected chi connectivity index (χ4v) is 7.69. The Hall–Kier alpha value is -0.500. The fourth-order valence-electron chi connectivity index (χ4n) is 6.96. The minimum absolute atomic E-state index is 0.0315. The predicted molar refractivity (Wildman–Crippen MR) is 231 cm³/mol. The van der Waals surface area contributed by atoms with Crippen molar-refractivity contribution >= 4 is 13.8 Å². The quantitative estimate of drug-likeness (QED) is 0.0262. The highest BCUT2D eigenvalue weighted by atomic mass is 31.2. The van der Waals surface area contributed by atoms with Gasteiger partial charge in [0.05, 0.1) is 34.4 Å². The van der Waals surface area contributed by atoms with Crippen LogP contribution in [0.1, 0.15) is 232 Å². The summed E-state index contributed by atoms with van der Waals surface area (Å²) in [6.45, 7) is 5.48. The van der Waals surface area contributed by atoms with Gasteiger partial charge in [0.15, 0.2) is 0 Å². The number of nitrogens with zero attached hydrogens (tertiary/aromatic N) is 1. The van der Waals surface area contributed by atoms with E-state index < -0.39 is 13.9 Å². The number of carbonyl (C=O) groups excluding carboxylic acids is 1. The van der Waals surface area contributed by atoms with E-state index in [2.05, 4.69) is 13.8 Å². The summed E-state index contributed by atoms with van der Waals surface area (Å²) in [6.07, 6.45) is 42.5. The molecule has 0 aliphatic carbocycles. The van der Waals surface area contributed by atoms with Crippen LogP contribution in [-0.2, 0) is 27.9 Å². The molecule has 0 bridgehead atoms. The molecule has 0 heterocycles. The first-order valence-corrected chi connectivity index (χ1v) is 25.2. The van der Waals surface area contributed by atoms with Crippen molar-refractivity contribution in [1.82, 2.24) is 0 Å². The van der Waals surface area contributed by atoms with Crippen LogP contribution in [0, 0.1) is 0 Å². The molecule has 0 N–H and O–H groups in total. The van der Waals surface area contributed by atoms with Gasteiger partial charge in [0.2, 0.25) is 0 Å². The minimum atomic E-state index is -4.52. The maximum Gasteiger partial charge on any atom is 0.306 e. The second-order valence-electron chi connectivity index (χ2n) is 17.5. The molecule has 9 heteroatoms. The number of ether oxygens (including phenoxy) is 2. The van der Waals surface area contributed by atoms with Crippen LogP contribution in [0.2, 0.25) is 0 Å². The van der Waals surface area contributed by atoms with Crippen LogP contribution in [0.4, 0.5) is 0 Å². The van der Waals surface area contributed by atoms with Crippen molar-refractivity contribution in [2.24, 2.45) is 0 Å². The van der Waals surface area contributed by atoms with Gasteiger partial charge in [0, 0.05) is 13.0 Å². The number of rotatable bonds is 45. The van der Waals surface area contributed by atoms with E-state index in [-0.39, 0.29) is 25.8 Å². The number of hydrogen-bond donors (Lipinski definition) is 0. The van der Waals surface area contributed by atoms with Crippen LogP contribution in [0.25, 0.3) is 0 Å². The Morgan fingerprint density at radius 1 is 0.491 bits per heavy atom. The number of hydrogen-bond acceptors (Lipinski definition) is 7. The molecule has 0 aromatic carbocycles. The van der Waals surface area contributed by atoms with Crippen LogP contribution in [-0.4, -0.2) is 70.7 Å². The molecule has 0 radical (unpaired) electrons. The smallest absolute Gasteiger partial charge is 0.306 e. The van der Waals surface area contributed by atoms with Gasteiger partial charge in [-0.3, -0.25) is 9.36 Å². The zero-order valence-electron chi connectivity index (χ0n) is 37.4. The first-order valence-electron chi connectivity index (χ1n) is 23.8. The Morgan fingerprint density at radius 3 is 1.20 bits per heavy atom. The summed E-state index contributed by atoms with van der Waals surface area (Å²) >= 11 is 0. The number of phosphoric acid groups is 1. The summed E-state index contributed by atoms with van der Waals surface area (Å²) in [6, 6.07) is 0. The summed E-state index contributed by atoms with van der Waals surface area (Å²) in [4.78, 5) is 25.1. The molecule has 0 amide bonds. The highest BCUT2D eigenvalue weighted by Crippen LogP contribution is 2.38. The van der Waals surface area contributed by atoms with Crippen molar-refractivity contribution in [3.63, 3.8) is 0 Å². The molecule has 55 heavy (non-hydrogen) atoms. The van der Waals surface area contributed by atoms with E-state index in [0.717, 1.165) is 32.1 Å². The van der Waals surface area contributed by atoms with Crippen molar-refractivity contribution < 1.29 is 37.3 Å². The fraction of sp³-hybridized carbons (Fsp3) is 0.978. The number of esters is 1. The number of phosphoric ester groups is 1.